The first-order chi connectivity index (χ1) is 6.81. The summed E-state index contributed by atoms with van der Waals surface area (Å²) >= 11 is 0. The van der Waals surface area contributed by atoms with Crippen LogP contribution in [-0.4, -0.2) is 24.2 Å². The first-order valence-electron chi connectivity index (χ1n) is 4.84. The number of rotatable bonds is 2. The highest BCUT2D eigenvalue weighted by Crippen LogP contribution is 2.22. The van der Waals surface area contributed by atoms with Crippen LogP contribution >= 0.6 is 0 Å². The maximum absolute atomic E-state index is 13.0. The molecular weight excluding hydrogens is 181 g/mol. The quantitative estimate of drug-likeness (QED) is 0.768. The summed E-state index contributed by atoms with van der Waals surface area (Å²) in [6, 6.07) is 3.79. The number of nitrogens with zero attached hydrogens (tertiary/aromatic N) is 2. The van der Waals surface area contributed by atoms with E-state index in [0.717, 1.165) is 17.9 Å². The number of alkyl halides is 1. The van der Waals surface area contributed by atoms with Crippen molar-refractivity contribution in [2.75, 3.05) is 18.0 Å². The zero-order chi connectivity index (χ0) is 9.97. The number of hydrogen-bond donors (Lipinski definition) is 1. The van der Waals surface area contributed by atoms with Crippen molar-refractivity contribution in [1.29, 1.82) is 0 Å². The van der Waals surface area contributed by atoms with E-state index in [1.165, 1.54) is 0 Å². The molecule has 4 heteroatoms. The summed E-state index contributed by atoms with van der Waals surface area (Å²) < 4.78 is 13.0. The lowest BCUT2D eigenvalue weighted by Crippen LogP contribution is -2.23. The molecule has 1 aromatic heterocycles. The Hall–Kier alpha value is -1.16. The average molecular weight is 195 g/mol. The molecule has 1 atom stereocenters. The van der Waals surface area contributed by atoms with Crippen molar-refractivity contribution in [3.05, 3.63) is 23.9 Å². The van der Waals surface area contributed by atoms with Crippen LogP contribution in [0, 0.1) is 0 Å². The van der Waals surface area contributed by atoms with Gasteiger partial charge in [-0.2, -0.15) is 0 Å². The molecule has 2 rings (SSSR count). The van der Waals surface area contributed by atoms with Crippen LogP contribution in [0.5, 0.6) is 0 Å². The molecule has 1 aliphatic heterocycles. The Morgan fingerprint density at radius 1 is 1.64 bits per heavy atom. The predicted molar refractivity (Wildman–Crippen MR) is 53.9 cm³/mol. The second-order valence-electron chi connectivity index (χ2n) is 3.52. The number of hydrogen-bond acceptors (Lipinski definition) is 3. The first-order valence-corrected chi connectivity index (χ1v) is 4.84. The van der Waals surface area contributed by atoms with E-state index in [9.17, 15) is 4.39 Å². The smallest absolute Gasteiger partial charge is 0.133 e. The van der Waals surface area contributed by atoms with Crippen molar-refractivity contribution in [2.24, 2.45) is 5.73 Å². The second-order valence-corrected chi connectivity index (χ2v) is 3.52. The molecule has 1 saturated heterocycles. The third kappa shape index (κ3) is 1.70. The van der Waals surface area contributed by atoms with Gasteiger partial charge in [-0.3, -0.25) is 0 Å². The molecule has 1 aromatic rings. The van der Waals surface area contributed by atoms with Gasteiger partial charge < -0.3 is 10.6 Å². The van der Waals surface area contributed by atoms with Crippen LogP contribution < -0.4 is 10.6 Å². The van der Waals surface area contributed by atoms with E-state index in [-0.39, 0.29) is 0 Å². The van der Waals surface area contributed by atoms with Gasteiger partial charge in [-0.05, 0) is 12.5 Å². The molecule has 76 valence electrons. The fourth-order valence-corrected chi connectivity index (χ4v) is 1.78. The Balaban J connectivity index is 2.22. The highest BCUT2D eigenvalue weighted by molar-refractivity contribution is 5.47. The summed E-state index contributed by atoms with van der Waals surface area (Å²) in [7, 11) is 0. The van der Waals surface area contributed by atoms with Gasteiger partial charge in [0.05, 0.1) is 6.54 Å². The summed E-state index contributed by atoms with van der Waals surface area (Å²) in [5, 5.41) is 0. The van der Waals surface area contributed by atoms with E-state index in [1.807, 2.05) is 17.0 Å². The molecule has 2 N–H and O–H groups in total. The summed E-state index contributed by atoms with van der Waals surface area (Å²) in [6.45, 7) is 1.64. The van der Waals surface area contributed by atoms with E-state index in [1.54, 1.807) is 6.20 Å². The van der Waals surface area contributed by atoms with Gasteiger partial charge in [0.1, 0.15) is 12.0 Å². The molecule has 0 radical (unpaired) electrons. The van der Waals surface area contributed by atoms with Crippen molar-refractivity contribution in [3.63, 3.8) is 0 Å². The van der Waals surface area contributed by atoms with Gasteiger partial charge in [-0.25, -0.2) is 9.37 Å². The molecule has 0 unspecified atom stereocenters. The molecule has 2 heterocycles. The monoisotopic (exact) mass is 195 g/mol. The predicted octanol–water partition coefficient (Wildman–Crippen LogP) is 1.09. The van der Waals surface area contributed by atoms with Crippen molar-refractivity contribution in [2.45, 2.75) is 19.1 Å². The molecule has 14 heavy (non-hydrogen) atoms. The maximum Gasteiger partial charge on any atom is 0.133 e. The van der Waals surface area contributed by atoms with E-state index < -0.39 is 6.17 Å². The Labute approximate surface area is 82.7 Å². The maximum atomic E-state index is 13.0. The summed E-state index contributed by atoms with van der Waals surface area (Å²) in [6.07, 6.45) is 1.60. The summed E-state index contributed by atoms with van der Waals surface area (Å²) in [4.78, 5) is 6.21. The van der Waals surface area contributed by atoms with Gasteiger partial charge in [0, 0.05) is 24.8 Å². The molecule has 0 saturated carbocycles. The molecule has 0 bridgehead atoms. The number of nitrogens with two attached hydrogens (primary N) is 1. The second kappa shape index (κ2) is 3.92. The molecule has 0 amide bonds. The highest BCUT2D eigenvalue weighted by Gasteiger charge is 2.23. The molecule has 3 nitrogen and oxygen atoms in total. The van der Waals surface area contributed by atoms with Crippen molar-refractivity contribution >= 4 is 5.82 Å². The molecule has 0 spiro atoms. The minimum absolute atomic E-state index is 0.448. The zero-order valence-electron chi connectivity index (χ0n) is 7.99. The van der Waals surface area contributed by atoms with Crippen LogP contribution in [-0.2, 0) is 6.54 Å². The van der Waals surface area contributed by atoms with Crippen LogP contribution in [0.3, 0.4) is 0 Å². The fourth-order valence-electron chi connectivity index (χ4n) is 1.78. The largest absolute Gasteiger partial charge is 0.353 e. The molecule has 1 fully saturated rings. The van der Waals surface area contributed by atoms with Crippen molar-refractivity contribution < 1.29 is 4.39 Å². The van der Waals surface area contributed by atoms with Crippen molar-refractivity contribution in [1.82, 2.24) is 4.98 Å². The van der Waals surface area contributed by atoms with Crippen molar-refractivity contribution in [3.8, 4) is 0 Å². The fraction of sp³-hybridized carbons (Fsp3) is 0.500. The normalized spacial score (nSPS) is 21.6. The van der Waals surface area contributed by atoms with Gasteiger partial charge in [-0.15, -0.1) is 0 Å². The van der Waals surface area contributed by atoms with Crippen LogP contribution in [0.15, 0.2) is 18.3 Å². The van der Waals surface area contributed by atoms with Gasteiger partial charge >= 0.3 is 0 Å². The van der Waals surface area contributed by atoms with Gasteiger partial charge in [-0.1, -0.05) is 6.07 Å². The van der Waals surface area contributed by atoms with Crippen LogP contribution in [0.1, 0.15) is 12.0 Å². The van der Waals surface area contributed by atoms with Gasteiger partial charge in [0.15, 0.2) is 0 Å². The third-order valence-corrected chi connectivity index (χ3v) is 2.52. The van der Waals surface area contributed by atoms with Crippen LogP contribution in [0.25, 0.3) is 0 Å². The van der Waals surface area contributed by atoms with E-state index in [4.69, 9.17) is 5.73 Å². The number of aromatic nitrogens is 1. The topological polar surface area (TPSA) is 42.1 Å². The lowest BCUT2D eigenvalue weighted by atomic mass is 10.2. The molecule has 1 aliphatic rings. The van der Waals surface area contributed by atoms with Crippen LogP contribution in [0.2, 0.25) is 0 Å². The Bertz CT molecular complexity index is 316. The number of pyridine rings is 1. The number of halogens is 1. The molecular formula is C10H14FN3. The Kier molecular flexibility index (Phi) is 2.63. The highest BCUT2D eigenvalue weighted by atomic mass is 19.1. The standard InChI is InChI=1S/C10H14FN3/c11-9-3-5-14(7-9)10-8(6-12)2-1-4-13-10/h1-2,4,9H,3,5-7,12H2/t9-/m1/s1. The Morgan fingerprint density at radius 2 is 2.50 bits per heavy atom. The SMILES string of the molecule is NCc1cccnc1N1CC[C@@H](F)C1. The third-order valence-electron chi connectivity index (χ3n) is 2.52. The minimum atomic E-state index is -0.720. The lowest BCUT2D eigenvalue weighted by molar-refractivity contribution is 0.364. The zero-order valence-corrected chi connectivity index (χ0v) is 7.99. The minimum Gasteiger partial charge on any atom is -0.353 e. The number of anilines is 1. The van der Waals surface area contributed by atoms with Crippen LogP contribution in [0.4, 0.5) is 10.2 Å². The summed E-state index contributed by atoms with van der Waals surface area (Å²) in [5.41, 5.74) is 6.58. The first kappa shape index (κ1) is 9.40. The lowest BCUT2D eigenvalue weighted by Gasteiger charge is -2.18. The average Bonchev–Trinajstić information content (AvgIpc) is 2.65. The summed E-state index contributed by atoms with van der Waals surface area (Å²) in [5.74, 6) is 0.843. The van der Waals surface area contributed by atoms with Gasteiger partial charge in [0.2, 0.25) is 0 Å². The molecule has 0 aromatic carbocycles. The molecule has 0 aliphatic carbocycles. The van der Waals surface area contributed by atoms with E-state index in [0.29, 0.717) is 19.5 Å². The van der Waals surface area contributed by atoms with E-state index >= 15 is 0 Å². The van der Waals surface area contributed by atoms with Gasteiger partial charge in [0.25, 0.3) is 0 Å². The Morgan fingerprint density at radius 3 is 3.14 bits per heavy atom. The van der Waals surface area contributed by atoms with E-state index in [2.05, 4.69) is 4.98 Å².